The van der Waals surface area contributed by atoms with Gasteiger partial charge in [-0.1, -0.05) is 137 Å². The summed E-state index contributed by atoms with van der Waals surface area (Å²) in [6.45, 7) is 4.31. The highest BCUT2D eigenvalue weighted by Crippen LogP contribution is 2.22. The molecule has 0 bridgehead atoms. The lowest BCUT2D eigenvalue weighted by Crippen LogP contribution is -2.59. The molecule has 0 saturated carbocycles. The maximum atomic E-state index is 12.7. The molecular formula is C47H78O9. The molecule has 0 aliphatic carbocycles. The number of aliphatic hydroxyl groups excluding tert-OH is 4. The Morgan fingerprint density at radius 3 is 1.66 bits per heavy atom. The van der Waals surface area contributed by atoms with E-state index in [1.807, 2.05) is 0 Å². The zero-order valence-electron chi connectivity index (χ0n) is 34.8. The molecule has 0 aromatic rings. The van der Waals surface area contributed by atoms with Gasteiger partial charge >= 0.3 is 5.97 Å². The highest BCUT2D eigenvalue weighted by molar-refractivity contribution is 5.69. The lowest BCUT2D eigenvalue weighted by Gasteiger charge is -2.39. The van der Waals surface area contributed by atoms with Crippen LogP contribution in [0.5, 0.6) is 0 Å². The number of carbonyl (C=O) groups excluding carboxylic acids is 1. The average molecular weight is 787 g/mol. The predicted octanol–water partition coefficient (Wildman–Crippen LogP) is 9.47. The smallest absolute Gasteiger partial charge is 0.306 e. The van der Waals surface area contributed by atoms with Gasteiger partial charge < -0.3 is 39.4 Å². The molecule has 1 rings (SSSR count). The minimum absolute atomic E-state index is 0.117. The number of unbranched alkanes of at least 4 members (excludes halogenated alkanes) is 10. The molecule has 4 N–H and O–H groups in total. The molecule has 56 heavy (non-hydrogen) atoms. The van der Waals surface area contributed by atoms with Crippen LogP contribution in [0.3, 0.4) is 0 Å². The van der Waals surface area contributed by atoms with Crippen LogP contribution in [-0.2, 0) is 23.7 Å². The average Bonchev–Trinajstić information content (AvgIpc) is 3.20. The van der Waals surface area contributed by atoms with E-state index in [4.69, 9.17) is 18.9 Å². The first kappa shape index (κ1) is 51.4. The van der Waals surface area contributed by atoms with E-state index in [2.05, 4.69) is 98.9 Å². The van der Waals surface area contributed by atoms with Crippen LogP contribution in [0.2, 0.25) is 0 Å². The number of esters is 1. The Hall–Kier alpha value is -2.63. The number of aliphatic hydroxyl groups is 4. The summed E-state index contributed by atoms with van der Waals surface area (Å²) in [7, 11) is 0. The molecule has 1 heterocycles. The van der Waals surface area contributed by atoms with Crippen LogP contribution in [0, 0.1) is 0 Å². The number of carbonyl (C=O) groups is 1. The van der Waals surface area contributed by atoms with Crippen molar-refractivity contribution in [2.75, 3.05) is 26.4 Å². The van der Waals surface area contributed by atoms with Gasteiger partial charge in [0.15, 0.2) is 6.29 Å². The van der Waals surface area contributed by atoms with Crippen molar-refractivity contribution in [1.29, 1.82) is 0 Å². The molecule has 1 aliphatic heterocycles. The zero-order valence-corrected chi connectivity index (χ0v) is 34.8. The molecule has 0 aromatic carbocycles. The summed E-state index contributed by atoms with van der Waals surface area (Å²) in [6, 6.07) is 0. The van der Waals surface area contributed by atoms with Crippen LogP contribution < -0.4 is 0 Å². The van der Waals surface area contributed by atoms with E-state index in [1.165, 1.54) is 38.5 Å². The Balaban J connectivity index is 2.33. The van der Waals surface area contributed by atoms with Crippen LogP contribution in [0.25, 0.3) is 0 Å². The summed E-state index contributed by atoms with van der Waals surface area (Å²) in [6.07, 6.45) is 43.2. The number of hydrogen-bond acceptors (Lipinski definition) is 9. The van der Waals surface area contributed by atoms with Crippen molar-refractivity contribution in [2.24, 2.45) is 0 Å². The van der Waals surface area contributed by atoms with E-state index in [1.54, 1.807) is 0 Å². The highest BCUT2D eigenvalue weighted by atomic mass is 16.7. The molecule has 1 aliphatic rings. The monoisotopic (exact) mass is 787 g/mol. The predicted molar refractivity (Wildman–Crippen MR) is 228 cm³/mol. The summed E-state index contributed by atoms with van der Waals surface area (Å²) < 4.78 is 22.7. The lowest BCUT2D eigenvalue weighted by molar-refractivity contribution is -0.305. The maximum Gasteiger partial charge on any atom is 0.306 e. The minimum Gasteiger partial charge on any atom is -0.457 e. The van der Waals surface area contributed by atoms with Crippen LogP contribution in [-0.4, -0.2) is 89.6 Å². The second kappa shape index (κ2) is 37.9. The van der Waals surface area contributed by atoms with Crippen LogP contribution in [0.1, 0.15) is 142 Å². The summed E-state index contributed by atoms with van der Waals surface area (Å²) in [5.74, 6) is -0.362. The van der Waals surface area contributed by atoms with Crippen LogP contribution in [0.15, 0.2) is 85.1 Å². The second-order valence-electron chi connectivity index (χ2n) is 14.4. The van der Waals surface area contributed by atoms with Crippen molar-refractivity contribution in [2.45, 2.75) is 179 Å². The Morgan fingerprint density at radius 1 is 0.589 bits per heavy atom. The van der Waals surface area contributed by atoms with Gasteiger partial charge in [-0.2, -0.15) is 0 Å². The van der Waals surface area contributed by atoms with Gasteiger partial charge in [-0.3, -0.25) is 4.79 Å². The van der Waals surface area contributed by atoms with Gasteiger partial charge in [0.2, 0.25) is 0 Å². The first-order chi connectivity index (χ1) is 27.4. The van der Waals surface area contributed by atoms with Crippen molar-refractivity contribution in [3.8, 4) is 0 Å². The maximum absolute atomic E-state index is 12.7. The third kappa shape index (κ3) is 28.7. The fourth-order valence-corrected chi connectivity index (χ4v) is 5.89. The molecule has 0 amide bonds. The molecule has 0 spiro atoms. The third-order valence-corrected chi connectivity index (χ3v) is 9.30. The number of ether oxygens (including phenoxy) is 4. The Labute approximate surface area is 339 Å². The van der Waals surface area contributed by atoms with Crippen LogP contribution >= 0.6 is 0 Å². The van der Waals surface area contributed by atoms with E-state index in [-0.39, 0.29) is 25.6 Å². The molecule has 320 valence electrons. The van der Waals surface area contributed by atoms with Crippen molar-refractivity contribution >= 4 is 5.97 Å². The summed E-state index contributed by atoms with van der Waals surface area (Å²) >= 11 is 0. The Kier molecular flexibility index (Phi) is 34.8. The molecule has 1 fully saturated rings. The number of allylic oxidation sites excluding steroid dienone is 14. The van der Waals surface area contributed by atoms with Gasteiger partial charge in [-0.05, 0) is 83.5 Å². The molecule has 9 heteroatoms. The minimum atomic E-state index is -1.55. The van der Waals surface area contributed by atoms with E-state index >= 15 is 0 Å². The van der Waals surface area contributed by atoms with Crippen molar-refractivity contribution in [3.63, 3.8) is 0 Å². The van der Waals surface area contributed by atoms with Crippen molar-refractivity contribution in [1.82, 2.24) is 0 Å². The Morgan fingerprint density at radius 2 is 1.09 bits per heavy atom. The first-order valence-corrected chi connectivity index (χ1v) is 21.7. The van der Waals surface area contributed by atoms with E-state index in [9.17, 15) is 25.2 Å². The zero-order chi connectivity index (χ0) is 40.7. The SMILES string of the molecule is CC/C=C\C/C=C\C/C=C\C/C=C\C/C=C\C/C=C\CCCCC(=O)OC(COCCCCCCCC/C=C\CCCC)COC1OC(CO)C(O)C(O)C1O. The molecule has 9 nitrogen and oxygen atoms in total. The standard InChI is InChI=1S/C47H78O9/c1-3-5-7-9-11-13-15-17-18-19-20-21-22-23-24-25-26-28-30-32-34-36-43(49)55-41(40-54-47-46(52)45(51)44(50)42(38-48)56-47)39-53-37-35-33-31-29-27-16-14-12-10-8-6-4-2/h5,7,10-13,17-18,20-21,23-24,26,28,41-42,44-48,50-52H,3-4,6,8-9,14-16,19,22,25,27,29-40H2,1-2H3/b7-5-,12-10-,13-11-,18-17-,21-20-,24-23-,28-26-. The first-order valence-electron chi connectivity index (χ1n) is 21.7. The van der Waals surface area contributed by atoms with Gasteiger partial charge in [0, 0.05) is 13.0 Å². The topological polar surface area (TPSA) is 135 Å². The van der Waals surface area contributed by atoms with Crippen LogP contribution in [0.4, 0.5) is 0 Å². The lowest BCUT2D eigenvalue weighted by atomic mass is 9.99. The Bertz CT molecular complexity index is 1120. The molecule has 6 atom stereocenters. The summed E-state index contributed by atoms with van der Waals surface area (Å²) in [5, 5.41) is 40.0. The summed E-state index contributed by atoms with van der Waals surface area (Å²) in [4.78, 5) is 12.7. The van der Waals surface area contributed by atoms with E-state index < -0.39 is 43.4 Å². The molecule has 1 saturated heterocycles. The fraction of sp³-hybridized carbons (Fsp3) is 0.681. The van der Waals surface area contributed by atoms with E-state index in [0.29, 0.717) is 13.0 Å². The van der Waals surface area contributed by atoms with Crippen molar-refractivity contribution in [3.05, 3.63) is 85.1 Å². The van der Waals surface area contributed by atoms with E-state index in [0.717, 1.165) is 77.0 Å². The molecular weight excluding hydrogens is 709 g/mol. The van der Waals surface area contributed by atoms with Gasteiger partial charge in [0.1, 0.15) is 30.5 Å². The van der Waals surface area contributed by atoms with Gasteiger partial charge in [-0.25, -0.2) is 0 Å². The normalized spacial score (nSPS) is 21.4. The van der Waals surface area contributed by atoms with Crippen molar-refractivity contribution < 1.29 is 44.2 Å². The highest BCUT2D eigenvalue weighted by Gasteiger charge is 2.44. The number of rotatable bonds is 35. The molecule has 0 radical (unpaired) electrons. The van der Waals surface area contributed by atoms with Gasteiger partial charge in [-0.15, -0.1) is 0 Å². The molecule has 0 aromatic heterocycles. The fourth-order valence-electron chi connectivity index (χ4n) is 5.89. The molecule has 6 unspecified atom stereocenters. The van der Waals surface area contributed by atoms with Gasteiger partial charge in [0.05, 0.1) is 19.8 Å². The number of hydrogen-bond donors (Lipinski definition) is 4. The van der Waals surface area contributed by atoms with Gasteiger partial charge in [0.25, 0.3) is 0 Å². The largest absolute Gasteiger partial charge is 0.457 e. The summed E-state index contributed by atoms with van der Waals surface area (Å²) in [5.41, 5.74) is 0. The third-order valence-electron chi connectivity index (χ3n) is 9.30. The second-order valence-corrected chi connectivity index (χ2v) is 14.4. The quantitative estimate of drug-likeness (QED) is 0.0282.